The molecule has 2 aromatic rings. The molecule has 2 aromatic heterocycles. The van der Waals surface area contributed by atoms with Crippen LogP contribution in [0.2, 0.25) is 0 Å². The van der Waals surface area contributed by atoms with E-state index in [1.807, 2.05) is 13.0 Å². The van der Waals surface area contributed by atoms with Crippen molar-refractivity contribution in [3.8, 4) is 0 Å². The Morgan fingerprint density at radius 2 is 2.17 bits per heavy atom. The summed E-state index contributed by atoms with van der Waals surface area (Å²) < 4.78 is 3.04. The molecule has 6 nitrogen and oxygen atoms in total. The second-order valence-electron chi connectivity index (χ2n) is 4.09. The molecule has 0 aliphatic carbocycles. The van der Waals surface area contributed by atoms with Gasteiger partial charge in [0, 0.05) is 19.3 Å². The van der Waals surface area contributed by atoms with E-state index in [4.69, 9.17) is 5.11 Å². The highest BCUT2D eigenvalue weighted by atomic mass is 16.4. The highest BCUT2D eigenvalue weighted by molar-refractivity contribution is 5.87. The fourth-order valence-corrected chi connectivity index (χ4v) is 1.77. The maximum atomic E-state index is 11.7. The van der Waals surface area contributed by atoms with Crippen LogP contribution in [0.3, 0.4) is 0 Å². The summed E-state index contributed by atoms with van der Waals surface area (Å²) in [5.74, 6) is -1.05. The molecule has 6 heteroatoms. The van der Waals surface area contributed by atoms with Crippen LogP contribution in [0.5, 0.6) is 0 Å². The van der Waals surface area contributed by atoms with E-state index in [0.29, 0.717) is 6.54 Å². The molecule has 1 N–H and O–H groups in total. The van der Waals surface area contributed by atoms with Crippen molar-refractivity contribution in [2.45, 2.75) is 13.5 Å². The molecule has 0 atom stereocenters. The Kier molecular flexibility index (Phi) is 3.01. The van der Waals surface area contributed by atoms with Crippen LogP contribution in [0.1, 0.15) is 21.7 Å². The van der Waals surface area contributed by atoms with Gasteiger partial charge in [-0.2, -0.15) is 5.10 Å². The quantitative estimate of drug-likeness (QED) is 0.863. The third-order valence-corrected chi connectivity index (χ3v) is 2.66. The number of hydrogen-bond acceptors (Lipinski definition) is 3. The van der Waals surface area contributed by atoms with Gasteiger partial charge in [0.25, 0.3) is 5.56 Å². The van der Waals surface area contributed by atoms with Crippen LogP contribution in [0.15, 0.2) is 29.2 Å². The first-order chi connectivity index (χ1) is 8.47. The number of carboxylic acid groups (broad SMARTS) is 1. The largest absolute Gasteiger partial charge is 0.478 e. The number of carbonyl (C=O) groups is 1. The van der Waals surface area contributed by atoms with Gasteiger partial charge in [0.1, 0.15) is 0 Å². The van der Waals surface area contributed by atoms with Crippen LogP contribution in [-0.2, 0) is 13.6 Å². The fourth-order valence-electron chi connectivity index (χ4n) is 1.77. The number of nitrogens with zero attached hydrogens (tertiary/aromatic N) is 3. The van der Waals surface area contributed by atoms with E-state index in [-0.39, 0.29) is 11.1 Å². The van der Waals surface area contributed by atoms with Gasteiger partial charge in [-0.15, -0.1) is 0 Å². The predicted octanol–water partition coefficient (Wildman–Crippen LogP) is 0.637. The molecule has 0 saturated carbocycles. The zero-order valence-electron chi connectivity index (χ0n) is 10.1. The Hall–Kier alpha value is -2.37. The lowest BCUT2D eigenvalue weighted by Gasteiger charge is -2.06. The Bertz CT molecular complexity index is 655. The maximum Gasteiger partial charge on any atom is 0.337 e. The molecule has 0 aliphatic rings. The Labute approximate surface area is 103 Å². The van der Waals surface area contributed by atoms with Crippen molar-refractivity contribution in [2.75, 3.05) is 0 Å². The molecular weight excluding hydrogens is 234 g/mol. The lowest BCUT2D eigenvalue weighted by molar-refractivity contribution is 0.0696. The predicted molar refractivity (Wildman–Crippen MR) is 64.7 cm³/mol. The van der Waals surface area contributed by atoms with Crippen molar-refractivity contribution >= 4 is 5.97 Å². The number of aromatic nitrogens is 3. The first kappa shape index (κ1) is 12.1. The molecule has 0 spiro atoms. The van der Waals surface area contributed by atoms with E-state index in [2.05, 4.69) is 5.10 Å². The van der Waals surface area contributed by atoms with Gasteiger partial charge in [0.05, 0.1) is 23.5 Å². The van der Waals surface area contributed by atoms with Crippen molar-refractivity contribution in [3.05, 3.63) is 51.7 Å². The van der Waals surface area contributed by atoms with E-state index in [0.717, 1.165) is 11.4 Å². The van der Waals surface area contributed by atoms with Crippen molar-refractivity contribution < 1.29 is 9.90 Å². The van der Waals surface area contributed by atoms with Gasteiger partial charge in [-0.3, -0.25) is 9.48 Å². The second-order valence-corrected chi connectivity index (χ2v) is 4.09. The first-order valence-electron chi connectivity index (χ1n) is 5.40. The van der Waals surface area contributed by atoms with E-state index < -0.39 is 5.97 Å². The summed E-state index contributed by atoms with van der Waals surface area (Å²) >= 11 is 0. The molecule has 18 heavy (non-hydrogen) atoms. The molecule has 0 radical (unpaired) electrons. The number of aromatic carboxylic acids is 1. The number of carboxylic acids is 1. The average Bonchev–Trinajstić information content (AvgIpc) is 2.60. The highest BCUT2D eigenvalue weighted by Gasteiger charge is 2.08. The van der Waals surface area contributed by atoms with Crippen LogP contribution >= 0.6 is 0 Å². The van der Waals surface area contributed by atoms with Gasteiger partial charge < -0.3 is 9.67 Å². The van der Waals surface area contributed by atoms with Crippen molar-refractivity contribution in [1.29, 1.82) is 0 Å². The van der Waals surface area contributed by atoms with Crippen LogP contribution in [-0.4, -0.2) is 25.4 Å². The fraction of sp³-hybridized carbons (Fsp3) is 0.250. The molecule has 0 aromatic carbocycles. The van der Waals surface area contributed by atoms with Gasteiger partial charge >= 0.3 is 5.97 Å². The van der Waals surface area contributed by atoms with Crippen molar-refractivity contribution in [2.24, 2.45) is 7.05 Å². The lowest BCUT2D eigenvalue weighted by Crippen LogP contribution is -2.21. The third-order valence-electron chi connectivity index (χ3n) is 2.66. The van der Waals surface area contributed by atoms with Crippen LogP contribution < -0.4 is 5.56 Å². The molecule has 2 rings (SSSR count). The monoisotopic (exact) mass is 247 g/mol. The summed E-state index contributed by atoms with van der Waals surface area (Å²) in [4.78, 5) is 22.5. The van der Waals surface area contributed by atoms with E-state index in [1.165, 1.54) is 22.9 Å². The summed E-state index contributed by atoms with van der Waals surface area (Å²) in [6.07, 6.45) is 1.34. The number of pyridine rings is 1. The van der Waals surface area contributed by atoms with Crippen LogP contribution in [0.4, 0.5) is 0 Å². The van der Waals surface area contributed by atoms with Crippen LogP contribution in [0.25, 0.3) is 0 Å². The Morgan fingerprint density at radius 3 is 2.72 bits per heavy atom. The molecular formula is C12H13N3O3. The highest BCUT2D eigenvalue weighted by Crippen LogP contribution is 2.04. The molecule has 0 bridgehead atoms. The van der Waals surface area contributed by atoms with Gasteiger partial charge in [-0.1, -0.05) is 0 Å². The van der Waals surface area contributed by atoms with Gasteiger partial charge in [-0.25, -0.2) is 4.79 Å². The van der Waals surface area contributed by atoms with Crippen molar-refractivity contribution in [1.82, 2.24) is 14.3 Å². The standard InChI is InChI=1S/C12H13N3O3/c1-8-5-10(14(2)13-8)7-15-6-9(12(17)18)3-4-11(15)16/h3-6H,7H2,1-2H3,(H,17,18). The van der Waals surface area contributed by atoms with Gasteiger partial charge in [0.2, 0.25) is 0 Å². The normalized spacial score (nSPS) is 10.6. The number of hydrogen-bond donors (Lipinski definition) is 1. The molecule has 0 amide bonds. The second kappa shape index (κ2) is 4.48. The molecule has 0 saturated heterocycles. The minimum absolute atomic E-state index is 0.0912. The molecule has 0 unspecified atom stereocenters. The van der Waals surface area contributed by atoms with Crippen molar-refractivity contribution in [3.63, 3.8) is 0 Å². The first-order valence-corrected chi connectivity index (χ1v) is 5.40. The SMILES string of the molecule is Cc1cc(Cn2cc(C(=O)O)ccc2=O)n(C)n1. The Morgan fingerprint density at radius 1 is 1.44 bits per heavy atom. The summed E-state index contributed by atoms with van der Waals surface area (Å²) in [6, 6.07) is 4.42. The number of rotatable bonds is 3. The van der Waals surface area contributed by atoms with E-state index in [9.17, 15) is 9.59 Å². The topological polar surface area (TPSA) is 77.1 Å². The summed E-state index contributed by atoms with van der Waals surface area (Å²) in [5.41, 5.74) is 1.56. The summed E-state index contributed by atoms with van der Waals surface area (Å²) in [7, 11) is 1.79. The van der Waals surface area contributed by atoms with E-state index in [1.54, 1.807) is 11.7 Å². The maximum absolute atomic E-state index is 11.7. The van der Waals surface area contributed by atoms with Gasteiger partial charge in [0.15, 0.2) is 0 Å². The Balaban J connectivity index is 2.39. The zero-order valence-corrected chi connectivity index (χ0v) is 10.1. The molecule has 94 valence electrons. The van der Waals surface area contributed by atoms with Crippen LogP contribution in [0, 0.1) is 6.92 Å². The van der Waals surface area contributed by atoms with E-state index >= 15 is 0 Å². The number of aryl methyl sites for hydroxylation is 2. The summed E-state index contributed by atoms with van der Waals surface area (Å²) in [5, 5.41) is 13.1. The molecule has 2 heterocycles. The van der Waals surface area contributed by atoms with Gasteiger partial charge in [-0.05, 0) is 19.1 Å². The third kappa shape index (κ3) is 2.32. The lowest BCUT2D eigenvalue weighted by atomic mass is 10.3. The minimum atomic E-state index is -1.05. The molecule has 0 aliphatic heterocycles. The smallest absolute Gasteiger partial charge is 0.337 e. The summed E-state index contributed by atoms with van der Waals surface area (Å²) in [6.45, 7) is 2.16. The average molecular weight is 247 g/mol. The minimum Gasteiger partial charge on any atom is -0.478 e. The zero-order chi connectivity index (χ0) is 13.3. The molecule has 0 fully saturated rings.